The van der Waals surface area contributed by atoms with Crippen LogP contribution in [0.15, 0.2) is 18.2 Å². The van der Waals surface area contributed by atoms with Crippen LogP contribution in [0.1, 0.15) is 26.2 Å². The number of rotatable bonds is 11. The van der Waals surface area contributed by atoms with Gasteiger partial charge in [0.25, 0.3) is 0 Å². The van der Waals surface area contributed by atoms with E-state index in [4.69, 9.17) is 33.7 Å². The minimum absolute atomic E-state index is 0.0167. The van der Waals surface area contributed by atoms with Crippen LogP contribution >= 0.6 is 23.2 Å². The first kappa shape index (κ1) is 23.7. The average Bonchev–Trinajstić information content (AvgIpc) is 2.64. The molecule has 0 saturated carbocycles. The molecule has 0 aromatic heterocycles. The molecule has 28 heavy (non-hydrogen) atoms. The Morgan fingerprint density at radius 2 is 1.71 bits per heavy atom. The molecule has 0 unspecified atom stereocenters. The van der Waals surface area contributed by atoms with Crippen LogP contribution < -0.4 is 5.32 Å². The van der Waals surface area contributed by atoms with E-state index in [-0.39, 0.29) is 50.8 Å². The first-order valence-corrected chi connectivity index (χ1v) is 9.65. The van der Waals surface area contributed by atoms with Gasteiger partial charge in [0.2, 0.25) is 11.8 Å². The van der Waals surface area contributed by atoms with E-state index in [0.29, 0.717) is 22.3 Å². The SMILES string of the molecule is CCCN(CC(=O)Nc1ccc(Cl)cc1Cl)CC(=O)N(CCC#N)CCC#N. The summed E-state index contributed by atoms with van der Waals surface area (Å²) >= 11 is 11.9. The first-order chi connectivity index (χ1) is 13.4. The van der Waals surface area contributed by atoms with Crippen LogP contribution in [-0.4, -0.2) is 54.3 Å². The highest BCUT2D eigenvalue weighted by molar-refractivity contribution is 6.36. The molecule has 0 aliphatic carbocycles. The summed E-state index contributed by atoms with van der Waals surface area (Å²) in [6.45, 7) is 3.09. The van der Waals surface area contributed by atoms with Gasteiger partial charge in [0.1, 0.15) is 0 Å². The summed E-state index contributed by atoms with van der Waals surface area (Å²) in [7, 11) is 0. The summed E-state index contributed by atoms with van der Waals surface area (Å²) in [5.74, 6) is -0.512. The number of halogens is 2. The summed E-state index contributed by atoms with van der Waals surface area (Å²) in [5.41, 5.74) is 0.448. The van der Waals surface area contributed by atoms with Crippen molar-refractivity contribution >= 4 is 40.7 Å². The number of amides is 2. The lowest BCUT2D eigenvalue weighted by Crippen LogP contribution is -2.44. The maximum absolute atomic E-state index is 12.6. The third-order valence-corrected chi connectivity index (χ3v) is 4.36. The Morgan fingerprint density at radius 3 is 2.25 bits per heavy atom. The fourth-order valence-corrected chi connectivity index (χ4v) is 2.99. The van der Waals surface area contributed by atoms with E-state index in [1.165, 1.54) is 11.0 Å². The lowest BCUT2D eigenvalue weighted by atomic mass is 10.3. The van der Waals surface area contributed by atoms with Crippen molar-refractivity contribution in [2.75, 3.05) is 38.0 Å². The monoisotopic (exact) mass is 423 g/mol. The number of carbonyl (C=O) groups excluding carboxylic acids is 2. The average molecular weight is 424 g/mol. The van der Waals surface area contributed by atoms with E-state index in [2.05, 4.69) is 5.32 Å². The molecule has 150 valence electrons. The van der Waals surface area contributed by atoms with Gasteiger partial charge in [-0.1, -0.05) is 30.1 Å². The summed E-state index contributed by atoms with van der Waals surface area (Å²) in [5, 5.41) is 21.0. The van der Waals surface area contributed by atoms with Gasteiger partial charge in [0, 0.05) is 18.1 Å². The third-order valence-electron chi connectivity index (χ3n) is 3.81. The Labute approximate surface area is 175 Å². The summed E-state index contributed by atoms with van der Waals surface area (Å²) in [4.78, 5) is 28.2. The third kappa shape index (κ3) is 8.58. The molecule has 1 N–H and O–H groups in total. The van der Waals surface area contributed by atoms with Gasteiger partial charge in [-0.3, -0.25) is 14.5 Å². The standard InChI is InChI=1S/C19H23Cl2N5O2/c1-2-9-25(14-19(28)26(10-3-7-22)11-4-8-23)13-18(27)24-17-6-5-15(20)12-16(17)21/h5-6,12H,2-4,9-11,13-14H2,1H3,(H,24,27). The van der Waals surface area contributed by atoms with Crippen LogP contribution in [0.25, 0.3) is 0 Å². The zero-order valence-corrected chi connectivity index (χ0v) is 17.3. The van der Waals surface area contributed by atoms with Crippen LogP contribution in [0.5, 0.6) is 0 Å². The fraction of sp³-hybridized carbons (Fsp3) is 0.474. The summed E-state index contributed by atoms with van der Waals surface area (Å²) in [6, 6.07) is 8.77. The number of nitriles is 2. The predicted octanol–water partition coefficient (Wildman–Crippen LogP) is 3.30. The van der Waals surface area contributed by atoms with Crippen molar-refractivity contribution in [3.8, 4) is 12.1 Å². The maximum Gasteiger partial charge on any atom is 0.238 e. The predicted molar refractivity (Wildman–Crippen MR) is 109 cm³/mol. The molecule has 1 rings (SSSR count). The number of hydrogen-bond acceptors (Lipinski definition) is 5. The molecule has 0 atom stereocenters. The highest BCUT2D eigenvalue weighted by atomic mass is 35.5. The normalized spacial score (nSPS) is 10.2. The second-order valence-electron chi connectivity index (χ2n) is 6.08. The van der Waals surface area contributed by atoms with E-state index in [0.717, 1.165) is 6.42 Å². The van der Waals surface area contributed by atoms with Crippen LogP contribution in [0.2, 0.25) is 10.0 Å². The Morgan fingerprint density at radius 1 is 1.07 bits per heavy atom. The zero-order valence-electron chi connectivity index (χ0n) is 15.8. The van der Waals surface area contributed by atoms with Gasteiger partial charge in [0.05, 0.1) is 48.8 Å². The smallest absolute Gasteiger partial charge is 0.238 e. The second kappa shape index (κ2) is 13.0. The van der Waals surface area contributed by atoms with E-state index in [9.17, 15) is 9.59 Å². The maximum atomic E-state index is 12.6. The van der Waals surface area contributed by atoms with Crippen LogP contribution in [0.3, 0.4) is 0 Å². The van der Waals surface area contributed by atoms with Gasteiger partial charge in [-0.05, 0) is 31.2 Å². The van der Waals surface area contributed by atoms with Crippen molar-refractivity contribution in [2.24, 2.45) is 0 Å². The Hall–Kier alpha value is -2.32. The molecule has 1 aromatic carbocycles. The highest BCUT2D eigenvalue weighted by Gasteiger charge is 2.19. The molecule has 0 fully saturated rings. The molecular weight excluding hydrogens is 401 g/mol. The van der Waals surface area contributed by atoms with Crippen molar-refractivity contribution in [3.63, 3.8) is 0 Å². The van der Waals surface area contributed by atoms with Gasteiger partial charge in [-0.25, -0.2) is 0 Å². The fourth-order valence-electron chi connectivity index (χ4n) is 2.54. The van der Waals surface area contributed by atoms with E-state index < -0.39 is 0 Å². The van der Waals surface area contributed by atoms with Crippen LogP contribution in [-0.2, 0) is 9.59 Å². The molecular formula is C19H23Cl2N5O2. The van der Waals surface area contributed by atoms with E-state index in [1.54, 1.807) is 17.0 Å². The first-order valence-electron chi connectivity index (χ1n) is 8.90. The van der Waals surface area contributed by atoms with Gasteiger partial charge in [-0.15, -0.1) is 0 Å². The number of nitrogens with zero attached hydrogens (tertiary/aromatic N) is 4. The minimum atomic E-state index is -0.300. The zero-order chi connectivity index (χ0) is 20.9. The van der Waals surface area contributed by atoms with E-state index in [1.807, 2.05) is 19.1 Å². The Balaban J connectivity index is 2.71. The molecule has 0 radical (unpaired) electrons. The van der Waals surface area contributed by atoms with Crippen LogP contribution in [0, 0.1) is 22.7 Å². The van der Waals surface area contributed by atoms with Gasteiger partial charge < -0.3 is 10.2 Å². The lowest BCUT2D eigenvalue weighted by molar-refractivity contribution is -0.132. The molecule has 0 bridgehead atoms. The molecule has 0 heterocycles. The van der Waals surface area contributed by atoms with Crippen molar-refractivity contribution in [3.05, 3.63) is 28.2 Å². The largest absolute Gasteiger partial charge is 0.340 e. The topological polar surface area (TPSA) is 100 Å². The van der Waals surface area contributed by atoms with E-state index >= 15 is 0 Å². The number of nitrogens with one attached hydrogen (secondary N) is 1. The molecule has 7 nitrogen and oxygen atoms in total. The molecule has 0 saturated heterocycles. The molecule has 0 spiro atoms. The highest BCUT2D eigenvalue weighted by Crippen LogP contribution is 2.25. The number of anilines is 1. The molecule has 0 aliphatic rings. The van der Waals surface area contributed by atoms with Gasteiger partial charge in [0.15, 0.2) is 0 Å². The van der Waals surface area contributed by atoms with Gasteiger partial charge in [-0.2, -0.15) is 10.5 Å². The minimum Gasteiger partial charge on any atom is -0.340 e. The molecule has 2 amide bonds. The molecule has 0 aliphatic heterocycles. The second-order valence-corrected chi connectivity index (χ2v) is 6.92. The molecule has 1 aromatic rings. The summed E-state index contributed by atoms with van der Waals surface area (Å²) in [6.07, 6.45) is 1.15. The lowest BCUT2D eigenvalue weighted by Gasteiger charge is -2.26. The van der Waals surface area contributed by atoms with Crippen molar-refractivity contribution < 1.29 is 9.59 Å². The number of benzene rings is 1. The molecule has 9 heteroatoms. The van der Waals surface area contributed by atoms with Crippen LogP contribution in [0.4, 0.5) is 5.69 Å². The number of hydrogen-bond donors (Lipinski definition) is 1. The summed E-state index contributed by atoms with van der Waals surface area (Å²) < 4.78 is 0. The van der Waals surface area contributed by atoms with Gasteiger partial charge >= 0.3 is 0 Å². The van der Waals surface area contributed by atoms with Crippen molar-refractivity contribution in [1.82, 2.24) is 9.80 Å². The van der Waals surface area contributed by atoms with Crippen molar-refractivity contribution in [2.45, 2.75) is 26.2 Å². The Bertz CT molecular complexity index is 740. The van der Waals surface area contributed by atoms with Crippen molar-refractivity contribution in [1.29, 1.82) is 10.5 Å². The number of carbonyl (C=O) groups is 2. The Kier molecular flexibility index (Phi) is 11.0. The quantitative estimate of drug-likeness (QED) is 0.588.